The summed E-state index contributed by atoms with van der Waals surface area (Å²) in [6.07, 6.45) is 1.71. The third kappa shape index (κ3) is 7.05. The van der Waals surface area contributed by atoms with Crippen LogP contribution < -0.4 is 25.3 Å². The van der Waals surface area contributed by atoms with Crippen LogP contribution in [0.25, 0.3) is 0 Å². The third-order valence-electron chi connectivity index (χ3n) is 5.68. The molecule has 9 nitrogen and oxygen atoms in total. The van der Waals surface area contributed by atoms with E-state index in [0.717, 1.165) is 48.7 Å². The Morgan fingerprint density at radius 1 is 0.857 bits per heavy atom. The number of hydrogen-bond acceptors (Lipinski definition) is 9. The van der Waals surface area contributed by atoms with Crippen molar-refractivity contribution < 1.29 is 4.74 Å². The molecule has 9 heteroatoms. The van der Waals surface area contributed by atoms with Gasteiger partial charge in [-0.1, -0.05) is 30.3 Å². The molecule has 3 aromatic rings. The van der Waals surface area contributed by atoms with E-state index in [4.69, 9.17) is 4.74 Å². The highest BCUT2D eigenvalue weighted by molar-refractivity contribution is 5.85. The van der Waals surface area contributed by atoms with Crippen LogP contribution >= 0.6 is 0 Å². The SMILES string of the molecule is CCN(CC)c1ccc(/C=N/Nc2nc(NCc3ccccc3)nc(N(CC)CC)n2)c(OC)c1. The molecule has 3 rings (SSSR count). The number of methoxy groups -OCH3 is 1. The summed E-state index contributed by atoms with van der Waals surface area (Å²) in [5.41, 5.74) is 6.08. The fourth-order valence-corrected chi connectivity index (χ4v) is 3.67. The Bertz CT molecular complexity index is 1080. The quantitative estimate of drug-likeness (QED) is 0.273. The minimum atomic E-state index is 0.368. The second-order valence-electron chi connectivity index (χ2n) is 7.76. The molecule has 2 N–H and O–H groups in total. The van der Waals surface area contributed by atoms with Crippen molar-refractivity contribution >= 4 is 29.7 Å². The molecule has 0 saturated heterocycles. The molecule has 0 amide bonds. The molecule has 0 saturated carbocycles. The zero-order valence-electron chi connectivity index (χ0n) is 21.3. The van der Waals surface area contributed by atoms with E-state index in [1.165, 1.54) is 0 Å². The Labute approximate surface area is 208 Å². The molecule has 2 aromatic carbocycles. The summed E-state index contributed by atoms with van der Waals surface area (Å²) in [7, 11) is 1.67. The minimum absolute atomic E-state index is 0.368. The normalized spacial score (nSPS) is 10.9. The monoisotopic (exact) mass is 476 g/mol. The second kappa shape index (κ2) is 13.1. The third-order valence-corrected chi connectivity index (χ3v) is 5.68. The molecule has 0 spiro atoms. The lowest BCUT2D eigenvalue weighted by Gasteiger charge is -2.22. The summed E-state index contributed by atoms with van der Waals surface area (Å²) >= 11 is 0. The molecule has 1 heterocycles. The molecule has 0 radical (unpaired) electrons. The summed E-state index contributed by atoms with van der Waals surface area (Å²) in [6, 6.07) is 16.2. The van der Waals surface area contributed by atoms with Gasteiger partial charge in [0.05, 0.1) is 13.3 Å². The lowest BCUT2D eigenvalue weighted by Crippen LogP contribution is -2.25. The number of aromatic nitrogens is 3. The molecule has 0 fully saturated rings. The number of benzene rings is 2. The van der Waals surface area contributed by atoms with Crippen LogP contribution in [-0.2, 0) is 6.54 Å². The zero-order valence-corrected chi connectivity index (χ0v) is 21.3. The number of rotatable bonds is 13. The van der Waals surface area contributed by atoms with E-state index in [-0.39, 0.29) is 0 Å². The average Bonchev–Trinajstić information content (AvgIpc) is 2.90. The smallest absolute Gasteiger partial charge is 0.250 e. The van der Waals surface area contributed by atoms with Crippen LogP contribution in [0.5, 0.6) is 5.75 Å². The van der Waals surface area contributed by atoms with Crippen molar-refractivity contribution in [2.24, 2.45) is 5.10 Å². The number of anilines is 4. The van der Waals surface area contributed by atoms with E-state index in [2.05, 4.69) is 86.5 Å². The van der Waals surface area contributed by atoms with Crippen molar-refractivity contribution in [3.05, 3.63) is 59.7 Å². The van der Waals surface area contributed by atoms with E-state index >= 15 is 0 Å². The predicted molar refractivity (Wildman–Crippen MR) is 145 cm³/mol. The fourth-order valence-electron chi connectivity index (χ4n) is 3.67. The Balaban J connectivity index is 1.79. The molecule has 186 valence electrons. The maximum atomic E-state index is 5.60. The van der Waals surface area contributed by atoms with Crippen molar-refractivity contribution in [2.45, 2.75) is 34.2 Å². The van der Waals surface area contributed by atoms with E-state index < -0.39 is 0 Å². The van der Waals surface area contributed by atoms with Crippen molar-refractivity contribution in [3.63, 3.8) is 0 Å². The standard InChI is InChI=1S/C26H36N8O/c1-6-33(7-2)22-16-15-21(23(17-22)35-5)19-28-32-25-29-24(27-18-20-13-11-10-12-14-20)30-26(31-25)34(8-3)9-4/h10-17,19H,6-9,18H2,1-5H3,(H2,27,29,30,31,32)/b28-19+. The molecule has 0 atom stereocenters. The summed E-state index contributed by atoms with van der Waals surface area (Å²) in [5, 5.41) is 7.67. The molecular weight excluding hydrogens is 440 g/mol. The van der Waals surface area contributed by atoms with Gasteiger partial charge < -0.3 is 19.9 Å². The fraction of sp³-hybridized carbons (Fsp3) is 0.385. The Hall–Kier alpha value is -3.88. The van der Waals surface area contributed by atoms with Crippen LogP contribution in [0.4, 0.5) is 23.5 Å². The molecule has 0 aliphatic rings. The van der Waals surface area contributed by atoms with Gasteiger partial charge in [-0.25, -0.2) is 5.43 Å². The summed E-state index contributed by atoms with van der Waals surface area (Å²) in [5.74, 6) is 2.21. The number of nitrogens with zero attached hydrogens (tertiary/aromatic N) is 6. The minimum Gasteiger partial charge on any atom is -0.496 e. The molecule has 0 aliphatic heterocycles. The number of ether oxygens (including phenoxy) is 1. The largest absolute Gasteiger partial charge is 0.496 e. The van der Waals surface area contributed by atoms with E-state index in [0.29, 0.717) is 24.4 Å². The van der Waals surface area contributed by atoms with Gasteiger partial charge in [0.15, 0.2) is 0 Å². The van der Waals surface area contributed by atoms with Crippen LogP contribution in [0.1, 0.15) is 38.8 Å². The van der Waals surface area contributed by atoms with Gasteiger partial charge in [-0.05, 0) is 45.4 Å². The highest BCUT2D eigenvalue weighted by Crippen LogP contribution is 2.24. The number of nitrogens with one attached hydrogen (secondary N) is 2. The van der Waals surface area contributed by atoms with Crippen molar-refractivity contribution in [2.75, 3.05) is 53.8 Å². The van der Waals surface area contributed by atoms with Gasteiger partial charge in [0.25, 0.3) is 0 Å². The summed E-state index contributed by atoms with van der Waals surface area (Å²) < 4.78 is 5.60. The van der Waals surface area contributed by atoms with Gasteiger partial charge in [0, 0.05) is 50.0 Å². The molecule has 0 bridgehead atoms. The molecule has 35 heavy (non-hydrogen) atoms. The molecule has 0 aliphatic carbocycles. The van der Waals surface area contributed by atoms with Crippen LogP contribution in [0.2, 0.25) is 0 Å². The maximum absolute atomic E-state index is 5.60. The Morgan fingerprint density at radius 2 is 1.54 bits per heavy atom. The van der Waals surface area contributed by atoms with Crippen molar-refractivity contribution in [1.82, 2.24) is 15.0 Å². The van der Waals surface area contributed by atoms with E-state index in [9.17, 15) is 0 Å². The van der Waals surface area contributed by atoms with E-state index in [1.54, 1.807) is 13.3 Å². The highest BCUT2D eigenvalue weighted by atomic mass is 16.5. The molecular formula is C26H36N8O. The Morgan fingerprint density at radius 3 is 2.20 bits per heavy atom. The lowest BCUT2D eigenvalue weighted by atomic mass is 10.2. The van der Waals surface area contributed by atoms with Gasteiger partial charge in [0.1, 0.15) is 5.75 Å². The van der Waals surface area contributed by atoms with Gasteiger partial charge in [-0.3, -0.25) is 0 Å². The summed E-state index contributed by atoms with van der Waals surface area (Å²) in [4.78, 5) is 18.0. The average molecular weight is 477 g/mol. The molecule has 0 unspecified atom stereocenters. The van der Waals surface area contributed by atoms with E-state index in [1.807, 2.05) is 30.3 Å². The first kappa shape index (κ1) is 25.7. The first-order chi connectivity index (χ1) is 17.1. The van der Waals surface area contributed by atoms with Gasteiger partial charge in [0.2, 0.25) is 17.8 Å². The first-order valence-corrected chi connectivity index (χ1v) is 12.1. The maximum Gasteiger partial charge on any atom is 0.250 e. The van der Waals surface area contributed by atoms with Gasteiger partial charge >= 0.3 is 0 Å². The van der Waals surface area contributed by atoms with Crippen molar-refractivity contribution in [1.29, 1.82) is 0 Å². The number of hydrazone groups is 1. The summed E-state index contributed by atoms with van der Waals surface area (Å²) in [6.45, 7) is 12.5. The highest BCUT2D eigenvalue weighted by Gasteiger charge is 2.11. The van der Waals surface area contributed by atoms with Crippen LogP contribution in [0, 0.1) is 0 Å². The van der Waals surface area contributed by atoms with Crippen molar-refractivity contribution in [3.8, 4) is 5.75 Å². The lowest BCUT2D eigenvalue weighted by molar-refractivity contribution is 0.414. The topological polar surface area (TPSA) is 90.8 Å². The van der Waals surface area contributed by atoms with Gasteiger partial charge in [-0.2, -0.15) is 20.1 Å². The van der Waals surface area contributed by atoms with Crippen LogP contribution in [-0.4, -0.2) is 54.5 Å². The van der Waals surface area contributed by atoms with Crippen LogP contribution in [0.3, 0.4) is 0 Å². The van der Waals surface area contributed by atoms with Gasteiger partial charge in [-0.15, -0.1) is 0 Å². The predicted octanol–water partition coefficient (Wildman–Crippen LogP) is 4.63. The van der Waals surface area contributed by atoms with Crippen LogP contribution in [0.15, 0.2) is 53.6 Å². The molecule has 1 aromatic heterocycles. The first-order valence-electron chi connectivity index (χ1n) is 12.1. The second-order valence-corrected chi connectivity index (χ2v) is 7.76. The Kier molecular flexibility index (Phi) is 9.65. The number of hydrogen-bond donors (Lipinski definition) is 2. The zero-order chi connectivity index (χ0) is 25.0.